The van der Waals surface area contributed by atoms with Gasteiger partial charge in [0.15, 0.2) is 0 Å². The molecule has 0 aromatic rings. The molecule has 4 aliphatic rings. The highest BCUT2D eigenvalue weighted by molar-refractivity contribution is 5.92. The Kier molecular flexibility index (Phi) is 2.98. The van der Waals surface area contributed by atoms with E-state index in [1.165, 1.54) is 6.42 Å². The van der Waals surface area contributed by atoms with Gasteiger partial charge in [-0.15, -0.1) is 0 Å². The molecule has 1 heterocycles. The summed E-state index contributed by atoms with van der Waals surface area (Å²) < 4.78 is 11.5. The average Bonchev–Trinajstić information content (AvgIpc) is 2.90. The van der Waals surface area contributed by atoms with Crippen molar-refractivity contribution in [2.24, 2.45) is 17.3 Å². The van der Waals surface area contributed by atoms with Gasteiger partial charge in [0.1, 0.15) is 11.5 Å². The van der Waals surface area contributed by atoms with E-state index < -0.39 is 5.79 Å². The van der Waals surface area contributed by atoms with Crippen LogP contribution in [0.1, 0.15) is 65.2 Å². The summed E-state index contributed by atoms with van der Waals surface area (Å²) in [4.78, 5) is 25.0. The zero-order chi connectivity index (χ0) is 15.5. The highest BCUT2D eigenvalue weighted by Crippen LogP contribution is 2.61. The van der Waals surface area contributed by atoms with Crippen molar-refractivity contribution in [1.82, 2.24) is 0 Å². The van der Waals surface area contributed by atoms with Gasteiger partial charge in [-0.3, -0.25) is 4.79 Å². The minimum atomic E-state index is -0.920. The lowest BCUT2D eigenvalue weighted by Gasteiger charge is -2.42. The van der Waals surface area contributed by atoms with Crippen LogP contribution in [0.2, 0.25) is 0 Å². The highest BCUT2D eigenvalue weighted by atomic mass is 16.7. The van der Waals surface area contributed by atoms with E-state index in [-0.39, 0.29) is 17.3 Å². The fraction of sp³-hybridized carbons (Fsp3) is 0.778. The molecule has 120 valence electrons. The third-order valence-electron chi connectivity index (χ3n) is 6.10. The summed E-state index contributed by atoms with van der Waals surface area (Å²) in [5.74, 6) is 0.573. The molecular weight excluding hydrogens is 280 g/mol. The van der Waals surface area contributed by atoms with E-state index in [1.54, 1.807) is 13.8 Å². The molecule has 4 heteroatoms. The first-order valence-corrected chi connectivity index (χ1v) is 8.62. The molecule has 1 aliphatic heterocycles. The first kappa shape index (κ1) is 14.3. The van der Waals surface area contributed by atoms with E-state index in [4.69, 9.17) is 9.47 Å². The highest BCUT2D eigenvalue weighted by Gasteiger charge is 2.59. The largest absolute Gasteiger partial charge is 0.456 e. The van der Waals surface area contributed by atoms with Gasteiger partial charge < -0.3 is 9.47 Å². The zero-order valence-corrected chi connectivity index (χ0v) is 13.4. The number of cyclic esters (lactones) is 1. The number of ketones is 1. The van der Waals surface area contributed by atoms with E-state index in [2.05, 4.69) is 0 Å². The van der Waals surface area contributed by atoms with Gasteiger partial charge in [0.05, 0.1) is 5.57 Å². The van der Waals surface area contributed by atoms with E-state index in [9.17, 15) is 9.59 Å². The maximum absolute atomic E-state index is 12.6. The summed E-state index contributed by atoms with van der Waals surface area (Å²) in [6.07, 6.45) is 7.71. The zero-order valence-electron chi connectivity index (χ0n) is 13.4. The van der Waals surface area contributed by atoms with Crippen LogP contribution in [-0.4, -0.2) is 17.5 Å². The number of ether oxygens (including phenoxy) is 2. The predicted molar refractivity (Wildman–Crippen MR) is 79.6 cm³/mol. The Bertz CT molecular complexity index is 574. The van der Waals surface area contributed by atoms with Crippen molar-refractivity contribution >= 4 is 11.8 Å². The second kappa shape index (κ2) is 4.59. The van der Waals surface area contributed by atoms with Crippen molar-refractivity contribution in [3.05, 3.63) is 11.3 Å². The van der Waals surface area contributed by atoms with Gasteiger partial charge in [-0.1, -0.05) is 12.8 Å². The van der Waals surface area contributed by atoms with Crippen molar-refractivity contribution in [1.29, 1.82) is 0 Å². The van der Waals surface area contributed by atoms with Gasteiger partial charge in [-0.2, -0.15) is 0 Å². The minimum absolute atomic E-state index is 0.0594. The van der Waals surface area contributed by atoms with Gasteiger partial charge in [0, 0.05) is 31.6 Å². The minimum Gasteiger partial charge on any atom is -0.456 e. The van der Waals surface area contributed by atoms with Crippen LogP contribution in [0, 0.1) is 17.3 Å². The van der Waals surface area contributed by atoms with Crippen LogP contribution in [0.15, 0.2) is 11.3 Å². The molecule has 4 nitrogen and oxygen atoms in total. The predicted octanol–water partition coefficient (Wildman–Crippen LogP) is 3.50. The summed E-state index contributed by atoms with van der Waals surface area (Å²) >= 11 is 0. The molecule has 2 saturated carbocycles. The Morgan fingerprint density at radius 2 is 1.82 bits per heavy atom. The molecule has 0 unspecified atom stereocenters. The van der Waals surface area contributed by atoms with Gasteiger partial charge >= 0.3 is 5.97 Å². The number of esters is 1. The Balaban J connectivity index is 1.82. The molecule has 0 radical (unpaired) electrons. The Labute approximate surface area is 131 Å². The summed E-state index contributed by atoms with van der Waals surface area (Å²) in [6.45, 7) is 3.57. The van der Waals surface area contributed by atoms with Gasteiger partial charge in [-0.05, 0) is 38.0 Å². The first-order chi connectivity index (χ1) is 10.4. The molecule has 3 aliphatic carbocycles. The smallest absolute Gasteiger partial charge is 0.340 e. The summed E-state index contributed by atoms with van der Waals surface area (Å²) in [5, 5.41) is 0. The number of carbonyl (C=O) groups is 2. The molecule has 0 aromatic carbocycles. The summed E-state index contributed by atoms with van der Waals surface area (Å²) in [5.41, 5.74) is 0.459. The van der Waals surface area contributed by atoms with Crippen LogP contribution in [0.3, 0.4) is 0 Å². The second-order valence-electron chi connectivity index (χ2n) is 7.84. The molecule has 22 heavy (non-hydrogen) atoms. The van der Waals surface area contributed by atoms with Crippen molar-refractivity contribution in [3.8, 4) is 0 Å². The lowest BCUT2D eigenvalue weighted by Crippen LogP contribution is -2.43. The van der Waals surface area contributed by atoms with E-state index in [0.717, 1.165) is 37.9 Å². The fourth-order valence-corrected chi connectivity index (χ4v) is 5.31. The number of Topliss-reactive ketones (excluding diaryl/α,β-unsaturated/α-hetero) is 1. The van der Waals surface area contributed by atoms with Gasteiger partial charge in [0.2, 0.25) is 5.79 Å². The van der Waals surface area contributed by atoms with Crippen LogP contribution in [0.25, 0.3) is 0 Å². The van der Waals surface area contributed by atoms with Crippen molar-refractivity contribution < 1.29 is 19.1 Å². The molecule has 0 N–H and O–H groups in total. The number of fused-ring (bicyclic) bond motifs is 3. The first-order valence-electron chi connectivity index (χ1n) is 8.62. The van der Waals surface area contributed by atoms with Gasteiger partial charge in [0.25, 0.3) is 0 Å². The Morgan fingerprint density at radius 3 is 2.64 bits per heavy atom. The number of carbonyl (C=O) groups excluding carboxylic acids is 2. The average molecular weight is 304 g/mol. The maximum atomic E-state index is 12.6. The lowest BCUT2D eigenvalue weighted by molar-refractivity contribution is -0.214. The van der Waals surface area contributed by atoms with Crippen LogP contribution >= 0.6 is 0 Å². The molecule has 1 spiro atoms. The van der Waals surface area contributed by atoms with E-state index in [0.29, 0.717) is 30.1 Å². The molecule has 0 bridgehead atoms. The molecule has 0 aromatic heterocycles. The topological polar surface area (TPSA) is 52.6 Å². The van der Waals surface area contributed by atoms with Crippen LogP contribution in [0.4, 0.5) is 0 Å². The molecule has 2 fully saturated rings. The standard InChI is InChI=1S/C18H24O4/c1-17(2)21-15-12(16(20)22-17)8-10-18(15)9-4-3-5-11-6-7-13(19)14(11)18/h11,14H,3-10H2,1-2H3/t11-,14+,18+/m0/s1. The summed E-state index contributed by atoms with van der Waals surface area (Å²) in [6, 6.07) is 0. The molecule has 3 atom stereocenters. The Morgan fingerprint density at radius 1 is 1.00 bits per heavy atom. The molecule has 4 rings (SSSR count). The van der Waals surface area contributed by atoms with Crippen molar-refractivity contribution in [2.75, 3.05) is 0 Å². The third kappa shape index (κ3) is 1.88. The fourth-order valence-electron chi connectivity index (χ4n) is 5.31. The van der Waals surface area contributed by atoms with E-state index in [1.807, 2.05) is 0 Å². The van der Waals surface area contributed by atoms with Crippen LogP contribution in [0.5, 0.6) is 0 Å². The number of rotatable bonds is 0. The summed E-state index contributed by atoms with van der Waals surface area (Å²) in [7, 11) is 0. The normalized spacial score (nSPS) is 40.1. The monoisotopic (exact) mass is 304 g/mol. The Hall–Kier alpha value is -1.32. The third-order valence-corrected chi connectivity index (χ3v) is 6.10. The van der Waals surface area contributed by atoms with E-state index >= 15 is 0 Å². The number of hydrogen-bond donors (Lipinski definition) is 0. The number of allylic oxidation sites excluding steroid dienone is 1. The molecule has 0 amide bonds. The molecule has 0 saturated heterocycles. The van der Waals surface area contributed by atoms with Crippen molar-refractivity contribution in [3.63, 3.8) is 0 Å². The maximum Gasteiger partial charge on any atom is 0.340 e. The SMILES string of the molecule is CC1(C)OC(=O)C2=C(O1)[C@]1(CCCC[C@H]3CCC(=O)[C@@H]31)CC2. The lowest BCUT2D eigenvalue weighted by atomic mass is 9.67. The second-order valence-corrected chi connectivity index (χ2v) is 7.84. The van der Waals surface area contributed by atoms with Gasteiger partial charge in [-0.25, -0.2) is 4.79 Å². The van der Waals surface area contributed by atoms with Crippen LogP contribution < -0.4 is 0 Å². The van der Waals surface area contributed by atoms with Crippen LogP contribution in [-0.2, 0) is 19.1 Å². The van der Waals surface area contributed by atoms with Crippen molar-refractivity contribution in [2.45, 2.75) is 71.0 Å². The quantitative estimate of drug-likeness (QED) is 0.643. The molecular formula is C18H24O4. The number of hydrogen-bond acceptors (Lipinski definition) is 4.